The molecule has 1 aromatic rings. The van der Waals surface area contributed by atoms with Crippen LogP contribution in [0.5, 0.6) is 0 Å². The van der Waals surface area contributed by atoms with Crippen LogP contribution >= 0.6 is 7.60 Å². The number of hydrogen-bond acceptors (Lipinski definition) is 5. The summed E-state index contributed by atoms with van der Waals surface area (Å²) in [6.45, 7) is 5.03. The summed E-state index contributed by atoms with van der Waals surface area (Å²) in [5.74, 6) is -0.0854. The lowest BCUT2D eigenvalue weighted by Gasteiger charge is -2.35. The fourth-order valence-electron chi connectivity index (χ4n) is 4.25. The van der Waals surface area contributed by atoms with Crippen molar-refractivity contribution in [1.29, 1.82) is 0 Å². The van der Waals surface area contributed by atoms with Crippen molar-refractivity contribution in [2.75, 3.05) is 13.2 Å². The second-order valence-electron chi connectivity index (χ2n) is 6.78. The van der Waals surface area contributed by atoms with E-state index in [-0.39, 0.29) is 17.7 Å². The molecule has 0 bridgehead atoms. The molecule has 3 rings (SSSR count). The molecule has 1 heterocycles. The third kappa shape index (κ3) is 3.90. The Morgan fingerprint density at radius 1 is 1.16 bits per heavy atom. The Morgan fingerprint density at radius 2 is 1.84 bits per heavy atom. The Hall–Kier alpha value is -1.00. The van der Waals surface area contributed by atoms with Crippen LogP contribution in [0.4, 0.5) is 0 Å². The third-order valence-corrected chi connectivity index (χ3v) is 7.74. The topological polar surface area (TPSA) is 55.8 Å². The van der Waals surface area contributed by atoms with E-state index in [2.05, 4.69) is 17.0 Å². The first-order valence-electron chi connectivity index (χ1n) is 9.30. The molecular weight excluding hydrogens is 337 g/mol. The lowest BCUT2D eigenvalue weighted by molar-refractivity contribution is -0.125. The predicted molar refractivity (Wildman–Crippen MR) is 97.4 cm³/mol. The summed E-state index contributed by atoms with van der Waals surface area (Å²) < 4.78 is 24.8. The van der Waals surface area contributed by atoms with Crippen molar-refractivity contribution < 1.29 is 18.4 Å². The maximum absolute atomic E-state index is 13.5. The zero-order valence-electron chi connectivity index (χ0n) is 15.1. The van der Waals surface area contributed by atoms with Crippen molar-refractivity contribution in [3.8, 4) is 0 Å². The lowest BCUT2D eigenvalue weighted by Crippen LogP contribution is -2.40. The zero-order valence-corrected chi connectivity index (χ0v) is 16.0. The molecule has 0 aromatic heterocycles. The van der Waals surface area contributed by atoms with E-state index in [1.54, 1.807) is 0 Å². The van der Waals surface area contributed by atoms with Gasteiger partial charge >= 0.3 is 7.60 Å². The Morgan fingerprint density at radius 3 is 2.48 bits per heavy atom. The minimum absolute atomic E-state index is 0.0447. The standard InChI is InChI=1S/C19H28NO4P/c1-3-23-25(22,24-4-2)19-13-16-17(11-8-12-18(16)21)20(19)14-15-9-6-5-7-10-15/h5-7,9-10,16-17,19H,3-4,8,11-14H2,1-2H3/t16-,17-,19-/m1/s1. The van der Waals surface area contributed by atoms with Gasteiger partial charge < -0.3 is 9.05 Å². The Labute approximate surface area is 150 Å². The average molecular weight is 365 g/mol. The second kappa shape index (κ2) is 8.13. The van der Waals surface area contributed by atoms with Crippen LogP contribution in [-0.4, -0.2) is 35.7 Å². The van der Waals surface area contributed by atoms with Gasteiger partial charge in [-0.3, -0.25) is 14.3 Å². The van der Waals surface area contributed by atoms with Gasteiger partial charge in [0.1, 0.15) is 11.6 Å². The smallest absolute Gasteiger partial charge is 0.308 e. The summed E-state index contributed by atoms with van der Waals surface area (Å²) in [5.41, 5.74) is 1.16. The van der Waals surface area contributed by atoms with E-state index in [4.69, 9.17) is 9.05 Å². The van der Waals surface area contributed by atoms with Crippen LogP contribution in [0, 0.1) is 5.92 Å². The van der Waals surface area contributed by atoms with Crippen LogP contribution in [0.2, 0.25) is 0 Å². The molecule has 138 valence electrons. The van der Waals surface area contributed by atoms with Gasteiger partial charge in [0, 0.05) is 24.9 Å². The highest BCUT2D eigenvalue weighted by atomic mass is 31.2. The molecule has 1 aliphatic heterocycles. The first-order valence-corrected chi connectivity index (χ1v) is 10.9. The zero-order chi connectivity index (χ0) is 17.9. The fraction of sp³-hybridized carbons (Fsp3) is 0.632. The SMILES string of the molecule is CCOP(=O)(OCC)[C@@H]1C[C@H]2C(=O)CCC[C@H]2N1Cc1ccccc1. The minimum atomic E-state index is -3.29. The molecule has 0 N–H and O–H groups in total. The molecule has 1 aliphatic carbocycles. The van der Waals surface area contributed by atoms with E-state index in [1.165, 1.54) is 0 Å². The van der Waals surface area contributed by atoms with E-state index in [0.29, 0.717) is 38.4 Å². The number of likely N-dealkylation sites (tertiary alicyclic amines) is 1. The highest BCUT2D eigenvalue weighted by molar-refractivity contribution is 7.54. The van der Waals surface area contributed by atoms with Gasteiger partial charge in [0.25, 0.3) is 0 Å². The van der Waals surface area contributed by atoms with E-state index >= 15 is 0 Å². The predicted octanol–water partition coefficient (Wildman–Crippen LogP) is 4.22. The van der Waals surface area contributed by atoms with Gasteiger partial charge in [0.05, 0.1) is 13.2 Å². The molecule has 1 saturated heterocycles. The molecule has 0 unspecified atom stereocenters. The average Bonchev–Trinajstić information content (AvgIpc) is 2.97. The van der Waals surface area contributed by atoms with Crippen molar-refractivity contribution in [2.45, 2.75) is 57.9 Å². The van der Waals surface area contributed by atoms with Crippen LogP contribution in [0.1, 0.15) is 45.1 Å². The Kier molecular flexibility index (Phi) is 6.11. The number of hydrogen-bond donors (Lipinski definition) is 0. The lowest BCUT2D eigenvalue weighted by atomic mass is 9.84. The van der Waals surface area contributed by atoms with E-state index in [1.807, 2.05) is 32.0 Å². The molecule has 0 spiro atoms. The van der Waals surface area contributed by atoms with Crippen LogP contribution in [0.3, 0.4) is 0 Å². The maximum Gasteiger partial charge on any atom is 0.347 e. The minimum Gasteiger partial charge on any atom is -0.308 e. The molecule has 1 saturated carbocycles. The number of ketones is 1. The van der Waals surface area contributed by atoms with Crippen LogP contribution in [-0.2, 0) is 25.0 Å². The highest BCUT2D eigenvalue weighted by Gasteiger charge is 2.53. The summed E-state index contributed by atoms with van der Waals surface area (Å²) in [7, 11) is -3.29. The van der Waals surface area contributed by atoms with Gasteiger partial charge in [-0.25, -0.2) is 0 Å². The molecule has 0 amide bonds. The van der Waals surface area contributed by atoms with Crippen molar-refractivity contribution in [3.05, 3.63) is 35.9 Å². The van der Waals surface area contributed by atoms with Crippen molar-refractivity contribution >= 4 is 13.4 Å². The molecule has 5 nitrogen and oxygen atoms in total. The summed E-state index contributed by atoms with van der Waals surface area (Å²) in [6.07, 6.45) is 3.10. The molecule has 0 radical (unpaired) electrons. The Bertz CT molecular complexity index is 626. The van der Waals surface area contributed by atoms with Crippen molar-refractivity contribution in [1.82, 2.24) is 4.90 Å². The largest absolute Gasteiger partial charge is 0.347 e. The first kappa shape index (κ1) is 18.8. The van der Waals surface area contributed by atoms with Gasteiger partial charge in [-0.2, -0.15) is 0 Å². The Balaban J connectivity index is 1.92. The fourth-order valence-corrected chi connectivity index (χ4v) is 6.49. The molecule has 2 aliphatic rings. The molecule has 3 atom stereocenters. The van der Waals surface area contributed by atoms with Crippen molar-refractivity contribution in [2.24, 2.45) is 5.92 Å². The quantitative estimate of drug-likeness (QED) is 0.677. The molecular formula is C19H28NO4P. The van der Waals surface area contributed by atoms with Gasteiger partial charge in [-0.1, -0.05) is 30.3 Å². The summed E-state index contributed by atoms with van der Waals surface area (Å²) >= 11 is 0. The number of carbonyl (C=O) groups is 1. The highest BCUT2D eigenvalue weighted by Crippen LogP contribution is 2.60. The maximum atomic E-state index is 13.5. The van der Waals surface area contributed by atoms with Crippen molar-refractivity contribution in [3.63, 3.8) is 0 Å². The van der Waals surface area contributed by atoms with Gasteiger partial charge in [-0.15, -0.1) is 0 Å². The van der Waals surface area contributed by atoms with Gasteiger partial charge in [0.15, 0.2) is 0 Å². The van der Waals surface area contributed by atoms with Crippen LogP contribution in [0.25, 0.3) is 0 Å². The number of Topliss-reactive ketones (excluding diaryl/α,β-unsaturated/α-hetero) is 1. The first-order chi connectivity index (χ1) is 12.1. The number of nitrogens with zero attached hydrogens (tertiary/aromatic N) is 1. The van der Waals surface area contributed by atoms with Crippen LogP contribution in [0.15, 0.2) is 30.3 Å². The second-order valence-corrected chi connectivity index (χ2v) is 8.97. The van der Waals surface area contributed by atoms with E-state index in [9.17, 15) is 9.36 Å². The number of rotatable bonds is 7. The number of benzene rings is 1. The monoisotopic (exact) mass is 365 g/mol. The summed E-state index contributed by atoms with van der Waals surface area (Å²) in [6, 6.07) is 10.3. The number of fused-ring (bicyclic) bond motifs is 1. The van der Waals surface area contributed by atoms with E-state index < -0.39 is 7.60 Å². The molecule has 6 heteroatoms. The normalized spacial score (nSPS) is 27.4. The molecule has 2 fully saturated rings. The van der Waals surface area contributed by atoms with Crippen LogP contribution < -0.4 is 0 Å². The summed E-state index contributed by atoms with van der Waals surface area (Å²) in [4.78, 5) is 14.7. The van der Waals surface area contributed by atoms with E-state index in [0.717, 1.165) is 18.4 Å². The van der Waals surface area contributed by atoms with Gasteiger partial charge in [-0.05, 0) is 38.7 Å². The van der Waals surface area contributed by atoms with Gasteiger partial charge in [0.2, 0.25) is 0 Å². The summed E-state index contributed by atoms with van der Waals surface area (Å²) in [5, 5.41) is 0. The number of carbonyl (C=O) groups excluding carboxylic acids is 1. The molecule has 1 aromatic carbocycles. The third-order valence-electron chi connectivity index (χ3n) is 5.27. The molecule has 25 heavy (non-hydrogen) atoms.